The van der Waals surface area contributed by atoms with Crippen LogP contribution in [-0.2, 0) is 14.0 Å². The standard InChI is InChI=1S/C7H17O4P/c1-5-9-7(3,10-6-2)11-12(4)8/h8H,5-6H2,1-4H3. The van der Waals surface area contributed by atoms with Gasteiger partial charge in [0.15, 0.2) is 8.38 Å². The smallest absolute Gasteiger partial charge is 0.284 e. The molecule has 0 aliphatic rings. The van der Waals surface area contributed by atoms with Gasteiger partial charge in [-0.15, -0.1) is 0 Å². The summed E-state index contributed by atoms with van der Waals surface area (Å²) >= 11 is 0. The van der Waals surface area contributed by atoms with E-state index in [1.165, 1.54) is 0 Å². The normalized spacial score (nSPS) is 14.8. The van der Waals surface area contributed by atoms with Gasteiger partial charge >= 0.3 is 0 Å². The minimum Gasteiger partial charge on any atom is -0.350 e. The quantitative estimate of drug-likeness (QED) is 0.518. The molecule has 74 valence electrons. The fourth-order valence-corrected chi connectivity index (χ4v) is 1.44. The Morgan fingerprint density at radius 3 is 1.92 bits per heavy atom. The lowest BCUT2D eigenvalue weighted by molar-refractivity contribution is -0.328. The molecule has 0 bridgehead atoms. The van der Waals surface area contributed by atoms with Crippen LogP contribution in [0.5, 0.6) is 0 Å². The van der Waals surface area contributed by atoms with E-state index in [0.29, 0.717) is 13.2 Å². The SMILES string of the molecule is CCOC(C)(OCC)OP(C)O. The molecule has 0 fully saturated rings. The first-order chi connectivity index (χ1) is 5.54. The summed E-state index contributed by atoms with van der Waals surface area (Å²) in [5.41, 5.74) is 0. The molecule has 0 spiro atoms. The van der Waals surface area contributed by atoms with Gasteiger partial charge in [0.1, 0.15) is 0 Å². The fourth-order valence-electron chi connectivity index (χ4n) is 0.859. The zero-order chi connectivity index (χ0) is 9.61. The van der Waals surface area contributed by atoms with Crippen molar-refractivity contribution in [3.63, 3.8) is 0 Å². The molecule has 5 heteroatoms. The Bertz CT molecular complexity index is 112. The van der Waals surface area contributed by atoms with Crippen LogP contribution < -0.4 is 0 Å². The highest BCUT2D eigenvalue weighted by molar-refractivity contribution is 7.45. The number of hydrogen-bond donors (Lipinski definition) is 1. The first-order valence-electron chi connectivity index (χ1n) is 3.93. The van der Waals surface area contributed by atoms with E-state index >= 15 is 0 Å². The number of hydrogen-bond acceptors (Lipinski definition) is 4. The molecule has 0 aliphatic carbocycles. The summed E-state index contributed by atoms with van der Waals surface area (Å²) in [6.45, 7) is 7.88. The molecule has 0 aromatic rings. The third-order valence-electron chi connectivity index (χ3n) is 1.11. The molecule has 0 radical (unpaired) electrons. The van der Waals surface area contributed by atoms with Gasteiger partial charge in [-0.1, -0.05) is 0 Å². The van der Waals surface area contributed by atoms with Crippen LogP contribution in [0.1, 0.15) is 20.8 Å². The van der Waals surface area contributed by atoms with E-state index in [1.54, 1.807) is 13.6 Å². The second kappa shape index (κ2) is 5.84. The van der Waals surface area contributed by atoms with E-state index in [1.807, 2.05) is 13.8 Å². The molecule has 1 atom stereocenters. The monoisotopic (exact) mass is 196 g/mol. The van der Waals surface area contributed by atoms with Gasteiger partial charge < -0.3 is 14.4 Å². The van der Waals surface area contributed by atoms with Crippen molar-refractivity contribution >= 4 is 8.38 Å². The van der Waals surface area contributed by atoms with Gasteiger partial charge in [0, 0.05) is 26.8 Å². The Morgan fingerprint density at radius 1 is 1.25 bits per heavy atom. The van der Waals surface area contributed by atoms with Crippen LogP contribution in [0, 0.1) is 0 Å². The van der Waals surface area contributed by atoms with Crippen LogP contribution in [0.4, 0.5) is 0 Å². The molecule has 0 amide bonds. The zero-order valence-corrected chi connectivity index (χ0v) is 8.93. The summed E-state index contributed by atoms with van der Waals surface area (Å²) in [7, 11) is -1.46. The zero-order valence-electron chi connectivity index (χ0n) is 8.03. The van der Waals surface area contributed by atoms with Gasteiger partial charge in [0.25, 0.3) is 5.97 Å². The summed E-state index contributed by atoms with van der Waals surface area (Å²) in [6, 6.07) is 0. The van der Waals surface area contributed by atoms with Crippen molar-refractivity contribution in [2.24, 2.45) is 0 Å². The summed E-state index contributed by atoms with van der Waals surface area (Å²) < 4.78 is 15.5. The Labute approximate surface area is 74.7 Å². The maximum atomic E-state index is 9.02. The maximum absolute atomic E-state index is 9.02. The Hall–Kier alpha value is 0.270. The van der Waals surface area contributed by atoms with Crippen LogP contribution in [0.3, 0.4) is 0 Å². The summed E-state index contributed by atoms with van der Waals surface area (Å²) in [5.74, 6) is -1.10. The molecule has 0 saturated carbocycles. The van der Waals surface area contributed by atoms with Gasteiger partial charge in [-0.25, -0.2) is 0 Å². The third-order valence-corrected chi connectivity index (χ3v) is 1.71. The molecule has 1 unspecified atom stereocenters. The highest BCUT2D eigenvalue weighted by atomic mass is 31.2. The van der Waals surface area contributed by atoms with Gasteiger partial charge in [-0.2, -0.15) is 0 Å². The molecular formula is C7H17O4P. The van der Waals surface area contributed by atoms with E-state index < -0.39 is 14.3 Å². The highest BCUT2D eigenvalue weighted by Crippen LogP contribution is 2.34. The molecule has 0 heterocycles. The van der Waals surface area contributed by atoms with Crippen LogP contribution in [0.15, 0.2) is 0 Å². The number of ether oxygens (including phenoxy) is 2. The van der Waals surface area contributed by atoms with Crippen molar-refractivity contribution in [2.75, 3.05) is 19.9 Å². The second-order valence-electron chi connectivity index (χ2n) is 2.28. The molecule has 0 aromatic heterocycles. The minimum atomic E-state index is -1.46. The van der Waals surface area contributed by atoms with Crippen molar-refractivity contribution in [1.82, 2.24) is 0 Å². The van der Waals surface area contributed by atoms with Crippen LogP contribution in [0.2, 0.25) is 0 Å². The van der Waals surface area contributed by atoms with Gasteiger partial charge in [-0.3, -0.25) is 4.52 Å². The molecule has 0 saturated heterocycles. The molecule has 1 N–H and O–H groups in total. The molecule has 0 aromatic carbocycles. The number of rotatable bonds is 6. The first kappa shape index (κ1) is 12.3. The van der Waals surface area contributed by atoms with Crippen LogP contribution >= 0.6 is 8.38 Å². The Kier molecular flexibility index (Phi) is 5.97. The predicted octanol–water partition coefficient (Wildman–Crippen LogP) is 1.68. The lowest BCUT2D eigenvalue weighted by Gasteiger charge is -2.29. The highest BCUT2D eigenvalue weighted by Gasteiger charge is 2.28. The minimum absolute atomic E-state index is 0.486. The van der Waals surface area contributed by atoms with Crippen molar-refractivity contribution in [3.8, 4) is 0 Å². The largest absolute Gasteiger partial charge is 0.350 e. The fraction of sp³-hybridized carbons (Fsp3) is 1.00. The van der Waals surface area contributed by atoms with E-state index in [0.717, 1.165) is 0 Å². The molecule has 0 aliphatic heterocycles. The molecule has 0 rings (SSSR count). The first-order valence-corrected chi connectivity index (χ1v) is 5.59. The second-order valence-corrected chi connectivity index (χ2v) is 3.39. The van der Waals surface area contributed by atoms with E-state index in [2.05, 4.69) is 0 Å². The topological polar surface area (TPSA) is 47.9 Å². The van der Waals surface area contributed by atoms with Gasteiger partial charge in [-0.05, 0) is 13.8 Å². The van der Waals surface area contributed by atoms with E-state index in [-0.39, 0.29) is 0 Å². The summed E-state index contributed by atoms with van der Waals surface area (Å²) in [4.78, 5) is 9.02. The summed E-state index contributed by atoms with van der Waals surface area (Å²) in [5, 5.41) is 0. The van der Waals surface area contributed by atoms with E-state index in [4.69, 9.17) is 18.9 Å². The van der Waals surface area contributed by atoms with Crippen LogP contribution in [0.25, 0.3) is 0 Å². The molecule has 4 nitrogen and oxygen atoms in total. The average Bonchev–Trinajstić information content (AvgIpc) is 1.85. The Morgan fingerprint density at radius 2 is 1.67 bits per heavy atom. The Balaban J connectivity index is 3.98. The summed E-state index contributed by atoms with van der Waals surface area (Å²) in [6.07, 6.45) is 0. The van der Waals surface area contributed by atoms with Crippen molar-refractivity contribution < 1.29 is 18.9 Å². The van der Waals surface area contributed by atoms with Gasteiger partial charge in [0.05, 0.1) is 0 Å². The van der Waals surface area contributed by atoms with Crippen molar-refractivity contribution in [2.45, 2.75) is 26.7 Å². The van der Waals surface area contributed by atoms with Gasteiger partial charge in [0.2, 0.25) is 0 Å². The lowest BCUT2D eigenvalue weighted by atomic mass is 10.6. The van der Waals surface area contributed by atoms with E-state index in [9.17, 15) is 0 Å². The lowest BCUT2D eigenvalue weighted by Crippen LogP contribution is -2.34. The predicted molar refractivity (Wildman–Crippen MR) is 47.8 cm³/mol. The third kappa shape index (κ3) is 5.01. The van der Waals surface area contributed by atoms with Crippen molar-refractivity contribution in [3.05, 3.63) is 0 Å². The average molecular weight is 196 g/mol. The molecule has 12 heavy (non-hydrogen) atoms. The maximum Gasteiger partial charge on any atom is 0.284 e. The molecular weight excluding hydrogens is 179 g/mol. The van der Waals surface area contributed by atoms with Crippen molar-refractivity contribution in [1.29, 1.82) is 0 Å². The van der Waals surface area contributed by atoms with Crippen LogP contribution in [-0.4, -0.2) is 30.7 Å².